The van der Waals surface area contributed by atoms with Gasteiger partial charge in [-0.2, -0.15) is 9.41 Å². The van der Waals surface area contributed by atoms with Gasteiger partial charge in [0.1, 0.15) is 5.82 Å². The Morgan fingerprint density at radius 3 is 2.38 bits per heavy atom. The number of hydrogen-bond donors (Lipinski definition) is 1. The van der Waals surface area contributed by atoms with Crippen LogP contribution in [0.2, 0.25) is 0 Å². The Bertz CT molecular complexity index is 1210. The van der Waals surface area contributed by atoms with Crippen molar-refractivity contribution < 1.29 is 17.6 Å². The van der Waals surface area contributed by atoms with Gasteiger partial charge in [0.05, 0.1) is 17.7 Å². The molecule has 3 aromatic rings. The third-order valence-electron chi connectivity index (χ3n) is 4.55. The molecule has 0 bridgehead atoms. The van der Waals surface area contributed by atoms with Crippen LogP contribution in [0.25, 0.3) is 0 Å². The average Bonchev–Trinajstić information content (AvgIpc) is 2.76. The topological polar surface area (TPSA) is 78.8 Å². The molecule has 0 aliphatic carbocycles. The van der Waals surface area contributed by atoms with E-state index in [-0.39, 0.29) is 17.0 Å². The first-order valence-corrected chi connectivity index (χ1v) is 11.9. The second-order valence-corrected chi connectivity index (χ2v) is 9.88. The van der Waals surface area contributed by atoms with Crippen LogP contribution >= 0.6 is 15.9 Å². The lowest BCUT2D eigenvalue weighted by Gasteiger charge is -2.21. The normalized spacial score (nSPS) is 11.8. The van der Waals surface area contributed by atoms with Crippen molar-refractivity contribution in [2.75, 3.05) is 6.54 Å². The SMILES string of the molecule is Cc1ccc(S(=O)(=O)N(CC(=O)N/N=C\c2ccccc2F)Cc2ccc(Br)cc2)cc1. The molecule has 1 N–H and O–H groups in total. The number of carbonyl (C=O) groups is 1. The molecule has 0 heterocycles. The summed E-state index contributed by atoms with van der Waals surface area (Å²) in [5.74, 6) is -1.13. The molecule has 0 aliphatic heterocycles. The van der Waals surface area contributed by atoms with Gasteiger partial charge in [0.2, 0.25) is 10.0 Å². The minimum atomic E-state index is -3.96. The average molecular weight is 518 g/mol. The lowest BCUT2D eigenvalue weighted by atomic mass is 10.2. The fourth-order valence-electron chi connectivity index (χ4n) is 2.83. The molecule has 32 heavy (non-hydrogen) atoms. The monoisotopic (exact) mass is 517 g/mol. The zero-order valence-corrected chi connectivity index (χ0v) is 19.6. The standard InChI is InChI=1S/C23H21BrFN3O3S/c1-17-6-12-21(13-7-17)32(30,31)28(15-18-8-10-20(24)11-9-18)16-23(29)27-26-14-19-4-2-3-5-22(19)25/h2-14H,15-16H2,1H3,(H,27,29)/b26-14-. The Morgan fingerprint density at radius 1 is 1.06 bits per heavy atom. The molecule has 6 nitrogen and oxygen atoms in total. The second kappa shape index (κ2) is 10.6. The van der Waals surface area contributed by atoms with Crippen molar-refractivity contribution in [2.45, 2.75) is 18.4 Å². The van der Waals surface area contributed by atoms with Crippen molar-refractivity contribution in [1.82, 2.24) is 9.73 Å². The van der Waals surface area contributed by atoms with Crippen LogP contribution in [0.15, 0.2) is 87.3 Å². The number of sulfonamides is 1. The van der Waals surface area contributed by atoms with E-state index in [2.05, 4.69) is 26.5 Å². The molecule has 0 fully saturated rings. The van der Waals surface area contributed by atoms with Crippen molar-refractivity contribution in [2.24, 2.45) is 5.10 Å². The molecule has 0 saturated carbocycles. The fraction of sp³-hybridized carbons (Fsp3) is 0.130. The zero-order valence-electron chi connectivity index (χ0n) is 17.2. The number of aryl methyl sites for hydroxylation is 1. The third kappa shape index (κ3) is 6.32. The number of hydrogen-bond acceptors (Lipinski definition) is 4. The van der Waals surface area contributed by atoms with Gasteiger partial charge in [-0.1, -0.05) is 64.0 Å². The molecule has 166 valence electrons. The first kappa shape index (κ1) is 23.8. The Morgan fingerprint density at radius 2 is 1.72 bits per heavy atom. The Kier molecular flexibility index (Phi) is 7.89. The summed E-state index contributed by atoms with van der Waals surface area (Å²) < 4.78 is 42.1. The Labute approximate surface area is 195 Å². The zero-order chi connectivity index (χ0) is 23.1. The quantitative estimate of drug-likeness (QED) is 0.358. The summed E-state index contributed by atoms with van der Waals surface area (Å²) in [6.07, 6.45) is 1.17. The first-order chi connectivity index (χ1) is 15.3. The van der Waals surface area contributed by atoms with Gasteiger partial charge in [0, 0.05) is 16.6 Å². The van der Waals surface area contributed by atoms with E-state index in [0.29, 0.717) is 5.56 Å². The summed E-state index contributed by atoms with van der Waals surface area (Å²) in [5, 5.41) is 3.75. The molecule has 0 aromatic heterocycles. The van der Waals surface area contributed by atoms with Crippen molar-refractivity contribution in [3.63, 3.8) is 0 Å². The molecule has 3 rings (SSSR count). The summed E-state index contributed by atoms with van der Waals surface area (Å²) in [7, 11) is -3.96. The number of rotatable bonds is 8. The number of carbonyl (C=O) groups excluding carboxylic acids is 1. The number of nitrogens with zero attached hydrogens (tertiary/aromatic N) is 2. The number of amides is 1. The smallest absolute Gasteiger partial charge is 0.255 e. The number of nitrogens with one attached hydrogen (secondary N) is 1. The molecule has 0 unspecified atom stereocenters. The predicted molar refractivity (Wildman–Crippen MR) is 125 cm³/mol. The Balaban J connectivity index is 1.80. The largest absolute Gasteiger partial charge is 0.272 e. The summed E-state index contributed by atoms with van der Waals surface area (Å²) in [5.41, 5.74) is 4.10. The van der Waals surface area contributed by atoms with Crippen LogP contribution in [0.3, 0.4) is 0 Å². The highest BCUT2D eigenvalue weighted by Crippen LogP contribution is 2.20. The van der Waals surface area contributed by atoms with Crippen LogP contribution in [0.5, 0.6) is 0 Å². The van der Waals surface area contributed by atoms with Crippen molar-refractivity contribution >= 4 is 38.1 Å². The summed E-state index contributed by atoms with van der Waals surface area (Å²) in [4.78, 5) is 12.6. The maximum Gasteiger partial charge on any atom is 0.255 e. The molecule has 0 saturated heterocycles. The van der Waals surface area contributed by atoms with Crippen LogP contribution < -0.4 is 5.43 Å². The van der Waals surface area contributed by atoms with E-state index in [1.54, 1.807) is 48.5 Å². The third-order valence-corrected chi connectivity index (χ3v) is 6.88. The van der Waals surface area contributed by atoms with Crippen LogP contribution in [-0.4, -0.2) is 31.4 Å². The fourth-order valence-corrected chi connectivity index (χ4v) is 4.48. The van der Waals surface area contributed by atoms with Crippen LogP contribution in [0, 0.1) is 12.7 Å². The van der Waals surface area contributed by atoms with E-state index in [9.17, 15) is 17.6 Å². The molecule has 9 heteroatoms. The van der Waals surface area contributed by atoms with Gasteiger partial charge in [0.25, 0.3) is 5.91 Å². The van der Waals surface area contributed by atoms with Gasteiger partial charge in [0.15, 0.2) is 0 Å². The van der Waals surface area contributed by atoms with Crippen LogP contribution in [0.4, 0.5) is 4.39 Å². The van der Waals surface area contributed by atoms with Gasteiger partial charge in [-0.25, -0.2) is 18.2 Å². The molecular weight excluding hydrogens is 497 g/mol. The summed E-state index contributed by atoms with van der Waals surface area (Å²) >= 11 is 3.35. The molecular formula is C23H21BrFN3O3S. The van der Waals surface area contributed by atoms with Gasteiger partial charge in [-0.15, -0.1) is 0 Å². The van der Waals surface area contributed by atoms with E-state index < -0.39 is 28.3 Å². The van der Waals surface area contributed by atoms with Crippen LogP contribution in [0.1, 0.15) is 16.7 Å². The minimum absolute atomic E-state index is 0.00601. The van der Waals surface area contributed by atoms with Crippen LogP contribution in [-0.2, 0) is 21.4 Å². The van der Waals surface area contributed by atoms with Crippen molar-refractivity contribution in [3.05, 3.63) is 99.8 Å². The van der Waals surface area contributed by atoms with E-state index in [4.69, 9.17) is 0 Å². The molecule has 1 amide bonds. The molecule has 0 aliphatic rings. The number of hydrazone groups is 1. The maximum absolute atomic E-state index is 13.7. The summed E-state index contributed by atoms with van der Waals surface area (Å²) in [6, 6.07) is 19.5. The van der Waals surface area contributed by atoms with Crippen molar-refractivity contribution in [1.29, 1.82) is 0 Å². The Hall–Kier alpha value is -2.88. The molecule has 0 spiro atoms. The van der Waals surface area contributed by atoms with E-state index >= 15 is 0 Å². The minimum Gasteiger partial charge on any atom is -0.272 e. The molecule has 0 radical (unpaired) electrons. The van der Waals surface area contributed by atoms with Gasteiger partial charge in [-0.3, -0.25) is 4.79 Å². The van der Waals surface area contributed by atoms with Crippen molar-refractivity contribution in [3.8, 4) is 0 Å². The van der Waals surface area contributed by atoms with E-state index in [1.165, 1.54) is 30.5 Å². The molecule has 3 aromatic carbocycles. The number of benzene rings is 3. The molecule has 0 atom stereocenters. The second-order valence-electron chi connectivity index (χ2n) is 7.03. The maximum atomic E-state index is 13.7. The lowest BCUT2D eigenvalue weighted by Crippen LogP contribution is -2.39. The predicted octanol–water partition coefficient (Wildman–Crippen LogP) is 4.24. The lowest BCUT2D eigenvalue weighted by molar-refractivity contribution is -0.121. The van der Waals surface area contributed by atoms with Gasteiger partial charge in [-0.05, 0) is 42.8 Å². The van der Waals surface area contributed by atoms with Gasteiger partial charge < -0.3 is 0 Å². The van der Waals surface area contributed by atoms with E-state index in [0.717, 1.165) is 14.3 Å². The highest BCUT2D eigenvalue weighted by molar-refractivity contribution is 9.10. The highest BCUT2D eigenvalue weighted by Gasteiger charge is 2.27. The van der Waals surface area contributed by atoms with E-state index in [1.807, 2.05) is 6.92 Å². The highest BCUT2D eigenvalue weighted by atomic mass is 79.9. The van der Waals surface area contributed by atoms with Gasteiger partial charge >= 0.3 is 0 Å². The number of halogens is 2. The first-order valence-electron chi connectivity index (χ1n) is 9.63. The summed E-state index contributed by atoms with van der Waals surface area (Å²) in [6.45, 7) is 1.39.